The standard InChI is InChI=1S/C13H20O/c14-12-8-10-6-3-7-11(10)13(12)9-4-1-2-5-9/h9-11,13H,1-8H2/t10?,11-,13?/m0/s1. The Morgan fingerprint density at radius 1 is 0.857 bits per heavy atom. The summed E-state index contributed by atoms with van der Waals surface area (Å²) < 4.78 is 0. The van der Waals surface area contributed by atoms with E-state index in [1.54, 1.807) is 0 Å². The van der Waals surface area contributed by atoms with Gasteiger partial charge in [0.15, 0.2) is 0 Å². The molecular weight excluding hydrogens is 172 g/mol. The van der Waals surface area contributed by atoms with E-state index in [9.17, 15) is 4.79 Å². The molecule has 3 aliphatic rings. The zero-order valence-corrected chi connectivity index (χ0v) is 8.87. The zero-order chi connectivity index (χ0) is 9.54. The van der Waals surface area contributed by atoms with Gasteiger partial charge in [-0.25, -0.2) is 0 Å². The summed E-state index contributed by atoms with van der Waals surface area (Å²) in [4.78, 5) is 12.0. The summed E-state index contributed by atoms with van der Waals surface area (Å²) in [6.07, 6.45) is 10.5. The highest BCUT2D eigenvalue weighted by atomic mass is 16.1. The maximum Gasteiger partial charge on any atom is 0.136 e. The third-order valence-electron chi connectivity index (χ3n) is 4.92. The Labute approximate surface area is 86.3 Å². The SMILES string of the molecule is O=C1CC2CCC[C@@H]2C1C1CCCC1. The molecule has 3 saturated carbocycles. The van der Waals surface area contributed by atoms with Gasteiger partial charge in [-0.3, -0.25) is 4.79 Å². The Hall–Kier alpha value is -0.330. The molecule has 3 atom stereocenters. The van der Waals surface area contributed by atoms with Gasteiger partial charge in [0.05, 0.1) is 0 Å². The number of fused-ring (bicyclic) bond motifs is 1. The van der Waals surface area contributed by atoms with Gasteiger partial charge in [0.1, 0.15) is 5.78 Å². The number of hydrogen-bond donors (Lipinski definition) is 0. The van der Waals surface area contributed by atoms with Crippen molar-refractivity contribution in [2.75, 3.05) is 0 Å². The lowest BCUT2D eigenvalue weighted by atomic mass is 9.81. The quantitative estimate of drug-likeness (QED) is 0.623. The largest absolute Gasteiger partial charge is 0.299 e. The van der Waals surface area contributed by atoms with Crippen molar-refractivity contribution in [3.63, 3.8) is 0 Å². The van der Waals surface area contributed by atoms with Crippen LogP contribution in [0.2, 0.25) is 0 Å². The first-order valence-corrected chi connectivity index (χ1v) is 6.39. The number of carbonyl (C=O) groups excluding carboxylic acids is 1. The van der Waals surface area contributed by atoms with Gasteiger partial charge in [-0.1, -0.05) is 19.3 Å². The summed E-state index contributed by atoms with van der Waals surface area (Å²) in [5.74, 6) is 3.53. The van der Waals surface area contributed by atoms with Crippen LogP contribution in [0.3, 0.4) is 0 Å². The maximum atomic E-state index is 12.0. The van der Waals surface area contributed by atoms with E-state index in [4.69, 9.17) is 0 Å². The summed E-state index contributed by atoms with van der Waals surface area (Å²) in [6, 6.07) is 0. The predicted octanol–water partition coefficient (Wildman–Crippen LogP) is 3.18. The highest BCUT2D eigenvalue weighted by molar-refractivity contribution is 5.84. The lowest BCUT2D eigenvalue weighted by Gasteiger charge is -2.23. The average molecular weight is 192 g/mol. The van der Waals surface area contributed by atoms with E-state index in [0.717, 1.165) is 24.2 Å². The van der Waals surface area contributed by atoms with Gasteiger partial charge in [-0.05, 0) is 43.4 Å². The van der Waals surface area contributed by atoms with Crippen molar-refractivity contribution in [2.24, 2.45) is 23.7 Å². The second-order valence-electron chi connectivity index (χ2n) is 5.60. The molecule has 0 aromatic carbocycles. The molecule has 0 saturated heterocycles. The van der Waals surface area contributed by atoms with Crippen LogP contribution in [-0.4, -0.2) is 5.78 Å². The predicted molar refractivity (Wildman–Crippen MR) is 55.9 cm³/mol. The Bertz CT molecular complexity index is 240. The molecule has 3 fully saturated rings. The molecule has 0 spiro atoms. The van der Waals surface area contributed by atoms with Gasteiger partial charge < -0.3 is 0 Å². The van der Waals surface area contributed by atoms with Crippen molar-refractivity contribution in [3.05, 3.63) is 0 Å². The molecule has 0 amide bonds. The minimum absolute atomic E-state index is 0.505. The van der Waals surface area contributed by atoms with Crippen LogP contribution >= 0.6 is 0 Å². The molecule has 0 aromatic heterocycles. The van der Waals surface area contributed by atoms with Crippen LogP contribution in [-0.2, 0) is 4.79 Å². The number of hydrogen-bond acceptors (Lipinski definition) is 1. The van der Waals surface area contributed by atoms with Gasteiger partial charge >= 0.3 is 0 Å². The summed E-state index contributed by atoms with van der Waals surface area (Å²) in [5.41, 5.74) is 0. The number of Topliss-reactive ketones (excluding diaryl/α,β-unsaturated/α-hetero) is 1. The van der Waals surface area contributed by atoms with Crippen molar-refractivity contribution >= 4 is 5.78 Å². The van der Waals surface area contributed by atoms with E-state index < -0.39 is 0 Å². The molecule has 1 heteroatoms. The average Bonchev–Trinajstić information content (AvgIpc) is 2.78. The van der Waals surface area contributed by atoms with E-state index in [0.29, 0.717) is 11.7 Å². The van der Waals surface area contributed by atoms with Crippen LogP contribution < -0.4 is 0 Å². The summed E-state index contributed by atoms with van der Waals surface area (Å²) in [6.45, 7) is 0. The summed E-state index contributed by atoms with van der Waals surface area (Å²) >= 11 is 0. The highest BCUT2D eigenvalue weighted by Crippen LogP contribution is 2.51. The Balaban J connectivity index is 1.79. The molecular formula is C13H20O. The lowest BCUT2D eigenvalue weighted by molar-refractivity contribution is -0.123. The van der Waals surface area contributed by atoms with E-state index in [-0.39, 0.29) is 0 Å². The van der Waals surface area contributed by atoms with E-state index in [1.165, 1.54) is 44.9 Å². The molecule has 14 heavy (non-hydrogen) atoms. The van der Waals surface area contributed by atoms with E-state index in [1.807, 2.05) is 0 Å². The molecule has 3 rings (SSSR count). The van der Waals surface area contributed by atoms with Crippen LogP contribution in [0.15, 0.2) is 0 Å². The fraction of sp³-hybridized carbons (Fsp3) is 0.923. The molecule has 0 heterocycles. The van der Waals surface area contributed by atoms with Gasteiger partial charge in [-0.15, -0.1) is 0 Å². The third kappa shape index (κ3) is 1.24. The third-order valence-corrected chi connectivity index (χ3v) is 4.92. The summed E-state index contributed by atoms with van der Waals surface area (Å²) in [5, 5.41) is 0. The molecule has 0 bridgehead atoms. The van der Waals surface area contributed by atoms with Crippen LogP contribution in [0.5, 0.6) is 0 Å². The normalized spacial score (nSPS) is 43.4. The van der Waals surface area contributed by atoms with Crippen molar-refractivity contribution < 1.29 is 4.79 Å². The molecule has 0 N–H and O–H groups in total. The number of rotatable bonds is 1. The molecule has 3 aliphatic carbocycles. The Kier molecular flexibility index (Phi) is 2.14. The molecule has 0 aromatic rings. The van der Waals surface area contributed by atoms with Gasteiger partial charge in [-0.2, -0.15) is 0 Å². The van der Waals surface area contributed by atoms with Crippen molar-refractivity contribution in [1.82, 2.24) is 0 Å². The highest BCUT2D eigenvalue weighted by Gasteiger charge is 2.47. The molecule has 0 radical (unpaired) electrons. The Morgan fingerprint density at radius 3 is 2.36 bits per heavy atom. The fourth-order valence-corrected chi connectivity index (χ4v) is 4.35. The smallest absolute Gasteiger partial charge is 0.136 e. The summed E-state index contributed by atoms with van der Waals surface area (Å²) in [7, 11) is 0. The number of carbonyl (C=O) groups is 1. The van der Waals surface area contributed by atoms with Crippen molar-refractivity contribution in [2.45, 2.75) is 51.4 Å². The molecule has 78 valence electrons. The number of ketones is 1. The van der Waals surface area contributed by atoms with Crippen LogP contribution in [0.1, 0.15) is 51.4 Å². The van der Waals surface area contributed by atoms with Crippen molar-refractivity contribution in [3.8, 4) is 0 Å². The molecule has 1 nitrogen and oxygen atoms in total. The first-order valence-electron chi connectivity index (χ1n) is 6.39. The van der Waals surface area contributed by atoms with Crippen molar-refractivity contribution in [1.29, 1.82) is 0 Å². The fourth-order valence-electron chi connectivity index (χ4n) is 4.35. The van der Waals surface area contributed by atoms with Crippen LogP contribution in [0.4, 0.5) is 0 Å². The second kappa shape index (κ2) is 3.36. The molecule has 2 unspecified atom stereocenters. The zero-order valence-electron chi connectivity index (χ0n) is 8.87. The molecule has 0 aliphatic heterocycles. The maximum absolute atomic E-state index is 12.0. The monoisotopic (exact) mass is 192 g/mol. The minimum atomic E-state index is 0.505. The van der Waals surface area contributed by atoms with Gasteiger partial charge in [0.25, 0.3) is 0 Å². The van der Waals surface area contributed by atoms with E-state index >= 15 is 0 Å². The van der Waals surface area contributed by atoms with Gasteiger partial charge in [0, 0.05) is 12.3 Å². The van der Waals surface area contributed by atoms with Crippen LogP contribution in [0.25, 0.3) is 0 Å². The van der Waals surface area contributed by atoms with Gasteiger partial charge in [0.2, 0.25) is 0 Å². The first kappa shape index (κ1) is 8.94. The first-order chi connectivity index (χ1) is 6.86. The Morgan fingerprint density at radius 2 is 1.57 bits per heavy atom. The van der Waals surface area contributed by atoms with E-state index in [2.05, 4.69) is 0 Å². The second-order valence-corrected chi connectivity index (χ2v) is 5.60. The lowest BCUT2D eigenvalue weighted by Crippen LogP contribution is -2.22. The minimum Gasteiger partial charge on any atom is -0.299 e. The topological polar surface area (TPSA) is 17.1 Å². The van der Waals surface area contributed by atoms with Crippen LogP contribution in [0, 0.1) is 23.7 Å².